The van der Waals surface area contributed by atoms with E-state index in [-0.39, 0.29) is 29.4 Å². The zero-order valence-electron chi connectivity index (χ0n) is 21.1. The lowest BCUT2D eigenvalue weighted by molar-refractivity contribution is 0.0339. The highest BCUT2D eigenvalue weighted by Gasteiger charge is 2.52. The summed E-state index contributed by atoms with van der Waals surface area (Å²) in [5.41, 5.74) is 2.98. The molecule has 1 spiro atoms. The third kappa shape index (κ3) is 4.77. The smallest absolute Gasteiger partial charge is 0.254 e. The van der Waals surface area contributed by atoms with Gasteiger partial charge in [-0.25, -0.2) is 8.42 Å². The highest BCUT2D eigenvalue weighted by Crippen LogP contribution is 2.41. The van der Waals surface area contributed by atoms with Crippen LogP contribution in [0.4, 0.5) is 0 Å². The van der Waals surface area contributed by atoms with Crippen molar-refractivity contribution in [2.45, 2.75) is 50.2 Å². The summed E-state index contributed by atoms with van der Waals surface area (Å²) in [4.78, 5) is 15.0. The topological polar surface area (TPSA) is 85.4 Å². The van der Waals surface area contributed by atoms with Gasteiger partial charge in [-0.3, -0.25) is 4.79 Å². The van der Waals surface area contributed by atoms with Gasteiger partial charge in [-0.15, -0.1) is 0 Å². The summed E-state index contributed by atoms with van der Waals surface area (Å²) in [6, 6.07) is 13.1. The molecule has 3 atom stereocenters. The van der Waals surface area contributed by atoms with E-state index in [4.69, 9.17) is 14.2 Å². The molecule has 0 aliphatic carbocycles. The first-order chi connectivity index (χ1) is 17.2. The summed E-state index contributed by atoms with van der Waals surface area (Å²) < 4.78 is 45.3. The monoisotopic (exact) mass is 514 g/mol. The van der Waals surface area contributed by atoms with Crippen molar-refractivity contribution in [1.82, 2.24) is 9.21 Å². The first-order valence-corrected chi connectivity index (χ1v) is 14.0. The number of methoxy groups -OCH3 is 1. The van der Waals surface area contributed by atoms with Crippen LogP contribution in [0.1, 0.15) is 39.9 Å². The zero-order chi connectivity index (χ0) is 25.5. The van der Waals surface area contributed by atoms with Crippen LogP contribution in [0.5, 0.6) is 5.75 Å². The van der Waals surface area contributed by atoms with E-state index in [1.54, 1.807) is 34.5 Å². The van der Waals surface area contributed by atoms with Crippen LogP contribution in [0, 0.1) is 13.8 Å². The largest absolute Gasteiger partial charge is 0.486 e. The van der Waals surface area contributed by atoms with E-state index in [1.807, 2.05) is 38.1 Å². The maximum atomic E-state index is 13.2. The molecule has 3 heterocycles. The van der Waals surface area contributed by atoms with Crippen molar-refractivity contribution in [1.29, 1.82) is 0 Å². The van der Waals surface area contributed by atoms with Crippen LogP contribution < -0.4 is 4.74 Å². The molecule has 0 bridgehead atoms. The highest BCUT2D eigenvalue weighted by atomic mass is 32.2. The molecule has 3 saturated heterocycles. The quantitative estimate of drug-likeness (QED) is 0.565. The van der Waals surface area contributed by atoms with Gasteiger partial charge in [0.05, 0.1) is 31.0 Å². The van der Waals surface area contributed by atoms with Gasteiger partial charge in [-0.2, -0.15) is 4.31 Å². The van der Waals surface area contributed by atoms with Gasteiger partial charge in [0.15, 0.2) is 0 Å². The third-order valence-electron chi connectivity index (χ3n) is 7.69. The van der Waals surface area contributed by atoms with Crippen LogP contribution >= 0.6 is 0 Å². The van der Waals surface area contributed by atoms with Gasteiger partial charge in [0.25, 0.3) is 5.91 Å². The van der Waals surface area contributed by atoms with E-state index < -0.39 is 10.0 Å². The Kier molecular flexibility index (Phi) is 6.84. The van der Waals surface area contributed by atoms with Gasteiger partial charge >= 0.3 is 0 Å². The van der Waals surface area contributed by atoms with Crippen molar-refractivity contribution in [3.8, 4) is 5.75 Å². The molecule has 194 valence electrons. The summed E-state index contributed by atoms with van der Waals surface area (Å²) in [7, 11) is -1.85. The molecule has 0 saturated carbocycles. The first kappa shape index (κ1) is 25.2. The Bertz CT molecular complexity index is 1240. The predicted octanol–water partition coefficient (Wildman–Crippen LogP) is 2.92. The number of carbonyl (C=O) groups excluding carboxylic acids is 1. The van der Waals surface area contributed by atoms with Gasteiger partial charge < -0.3 is 19.1 Å². The number of amides is 1. The fourth-order valence-corrected chi connectivity index (χ4v) is 7.45. The average Bonchev–Trinajstić information content (AvgIpc) is 3.48. The molecule has 0 N–H and O–H groups in total. The molecular weight excluding hydrogens is 480 g/mol. The maximum absolute atomic E-state index is 13.2. The zero-order valence-corrected chi connectivity index (χ0v) is 21.9. The number of aryl methyl sites for hydroxylation is 2. The number of benzene rings is 2. The van der Waals surface area contributed by atoms with E-state index in [1.165, 1.54) is 0 Å². The number of carbonyl (C=O) groups is 1. The number of rotatable bonds is 7. The van der Waals surface area contributed by atoms with E-state index in [0.717, 1.165) is 24.0 Å². The second-order valence-corrected chi connectivity index (χ2v) is 12.1. The summed E-state index contributed by atoms with van der Waals surface area (Å²) >= 11 is 0. The Morgan fingerprint density at radius 3 is 2.61 bits per heavy atom. The Morgan fingerprint density at radius 1 is 1.11 bits per heavy atom. The lowest BCUT2D eigenvalue weighted by Crippen LogP contribution is -2.62. The van der Waals surface area contributed by atoms with E-state index >= 15 is 0 Å². The van der Waals surface area contributed by atoms with E-state index in [9.17, 15) is 13.2 Å². The fraction of sp³-hybridized carbons (Fsp3) is 0.519. The summed E-state index contributed by atoms with van der Waals surface area (Å²) in [5.74, 6) is 0.448. The van der Waals surface area contributed by atoms with Crippen molar-refractivity contribution in [3.05, 3.63) is 64.7 Å². The average molecular weight is 515 g/mol. The molecule has 2 aromatic rings. The molecule has 3 aliphatic heterocycles. The minimum absolute atomic E-state index is 0.0384. The summed E-state index contributed by atoms with van der Waals surface area (Å²) in [6.07, 6.45) is 0.972. The molecule has 1 unspecified atom stereocenters. The fourth-order valence-electron chi connectivity index (χ4n) is 5.50. The summed E-state index contributed by atoms with van der Waals surface area (Å²) in [6.45, 7) is 6.37. The molecule has 0 aromatic heterocycles. The van der Waals surface area contributed by atoms with Gasteiger partial charge in [0, 0.05) is 25.8 Å². The van der Waals surface area contributed by atoms with Crippen molar-refractivity contribution in [2.24, 2.45) is 0 Å². The van der Waals surface area contributed by atoms with Crippen LogP contribution in [0.3, 0.4) is 0 Å². The molecular formula is C27H34N2O6S. The molecule has 1 amide bonds. The second kappa shape index (κ2) is 9.78. The number of hydrogen-bond donors (Lipinski definition) is 0. The number of ether oxygens (including phenoxy) is 3. The lowest BCUT2D eigenvalue weighted by atomic mass is 9.87. The van der Waals surface area contributed by atoms with Gasteiger partial charge in [-0.1, -0.05) is 29.8 Å². The SMILES string of the molecule is CO[C@@H]1CN(C(=O)c2cc(C)ccc2C)C[C@H]1Oc1cccc(CS(=O)(=O)N2CCC23CCOC3)c1. The Morgan fingerprint density at radius 2 is 1.92 bits per heavy atom. The van der Waals surface area contributed by atoms with Crippen LogP contribution in [0.2, 0.25) is 0 Å². The molecule has 2 aromatic carbocycles. The third-order valence-corrected chi connectivity index (χ3v) is 9.63. The van der Waals surface area contributed by atoms with Crippen LogP contribution in [-0.2, 0) is 25.2 Å². The summed E-state index contributed by atoms with van der Waals surface area (Å²) in [5, 5.41) is 0. The Balaban J connectivity index is 1.27. The maximum Gasteiger partial charge on any atom is 0.254 e. The first-order valence-electron chi connectivity index (χ1n) is 12.4. The highest BCUT2D eigenvalue weighted by molar-refractivity contribution is 7.88. The number of sulfonamides is 1. The molecule has 3 aliphatic rings. The number of hydrogen-bond acceptors (Lipinski definition) is 6. The molecule has 5 rings (SSSR count). The molecule has 8 nitrogen and oxygen atoms in total. The van der Waals surface area contributed by atoms with Crippen molar-refractivity contribution < 1.29 is 27.4 Å². The number of likely N-dealkylation sites (tertiary alicyclic amines) is 1. The van der Waals surface area contributed by atoms with Crippen LogP contribution in [0.25, 0.3) is 0 Å². The van der Waals surface area contributed by atoms with Crippen LogP contribution in [0.15, 0.2) is 42.5 Å². The van der Waals surface area contributed by atoms with E-state index in [0.29, 0.717) is 49.7 Å². The van der Waals surface area contributed by atoms with Gasteiger partial charge in [-0.05, 0) is 56.0 Å². The molecule has 36 heavy (non-hydrogen) atoms. The minimum Gasteiger partial charge on any atom is -0.486 e. The second-order valence-electron chi connectivity index (χ2n) is 10.2. The van der Waals surface area contributed by atoms with Crippen molar-refractivity contribution in [3.63, 3.8) is 0 Å². The van der Waals surface area contributed by atoms with Crippen molar-refractivity contribution in [2.75, 3.05) is 40.0 Å². The molecule has 9 heteroatoms. The Hall–Kier alpha value is -2.46. The molecule has 0 radical (unpaired) electrons. The molecule has 3 fully saturated rings. The predicted molar refractivity (Wildman–Crippen MR) is 136 cm³/mol. The number of nitrogens with zero attached hydrogens (tertiary/aromatic N) is 2. The lowest BCUT2D eigenvalue weighted by Gasteiger charge is -2.48. The minimum atomic E-state index is -3.47. The van der Waals surface area contributed by atoms with Gasteiger partial charge in [0.1, 0.15) is 18.0 Å². The van der Waals surface area contributed by atoms with Gasteiger partial charge in [0.2, 0.25) is 10.0 Å². The van der Waals surface area contributed by atoms with Crippen molar-refractivity contribution >= 4 is 15.9 Å². The van der Waals surface area contributed by atoms with E-state index in [2.05, 4.69) is 0 Å². The standard InChI is InChI=1S/C27H34N2O6S/c1-19-7-8-20(2)23(13-19)26(30)28-15-24(33-3)25(16-28)35-22-6-4-5-21(14-22)17-36(31,32)29-11-9-27(29)10-12-34-18-27/h4-8,13-14,24-25H,9-12,15-18H2,1-3H3/t24-,25-,27?/m1/s1. The van der Waals surface area contributed by atoms with Crippen LogP contribution in [-0.4, -0.2) is 81.2 Å². The Labute approximate surface area is 213 Å². The normalized spacial score (nSPS) is 26.4.